The summed E-state index contributed by atoms with van der Waals surface area (Å²) in [4.78, 5) is 16.1. The third kappa shape index (κ3) is 4.44. The van der Waals surface area contributed by atoms with Crippen molar-refractivity contribution in [2.24, 2.45) is 0 Å². The van der Waals surface area contributed by atoms with Gasteiger partial charge in [0.15, 0.2) is 6.61 Å². The van der Waals surface area contributed by atoms with E-state index in [1.165, 1.54) is 0 Å². The van der Waals surface area contributed by atoms with Crippen LogP contribution in [0.2, 0.25) is 0 Å². The van der Waals surface area contributed by atoms with Crippen LogP contribution in [0, 0.1) is 0 Å². The molecule has 0 aromatic heterocycles. The van der Waals surface area contributed by atoms with Crippen LogP contribution in [-0.2, 0) is 4.79 Å². The molecule has 1 amide bonds. The summed E-state index contributed by atoms with van der Waals surface area (Å²) in [6, 6.07) is 7.27. The molecule has 0 aliphatic carbocycles. The molecule has 0 saturated carbocycles. The summed E-state index contributed by atoms with van der Waals surface area (Å²) in [5.74, 6) is 0.685. The van der Waals surface area contributed by atoms with Gasteiger partial charge >= 0.3 is 0 Å². The Morgan fingerprint density at radius 1 is 1.24 bits per heavy atom. The number of carbonyl (C=O) groups is 1. The SMILES string of the molecule is CC[C@H](O)c1ccc(OCC(=O)N2CCN(C)CC2)cc1. The Hall–Kier alpha value is -1.59. The van der Waals surface area contributed by atoms with E-state index >= 15 is 0 Å². The summed E-state index contributed by atoms with van der Waals surface area (Å²) in [7, 11) is 2.06. The minimum atomic E-state index is -0.439. The Morgan fingerprint density at radius 3 is 2.43 bits per heavy atom. The Balaban J connectivity index is 1.81. The highest BCUT2D eigenvalue weighted by molar-refractivity contribution is 5.77. The second kappa shape index (κ2) is 7.43. The van der Waals surface area contributed by atoms with E-state index in [-0.39, 0.29) is 12.5 Å². The zero-order chi connectivity index (χ0) is 15.2. The fourth-order valence-corrected chi connectivity index (χ4v) is 2.31. The number of rotatable bonds is 5. The lowest BCUT2D eigenvalue weighted by Crippen LogP contribution is -2.48. The van der Waals surface area contributed by atoms with Crippen LogP contribution in [0.4, 0.5) is 0 Å². The number of hydrogen-bond acceptors (Lipinski definition) is 4. The Bertz CT molecular complexity index is 453. The van der Waals surface area contributed by atoms with Crippen LogP contribution >= 0.6 is 0 Å². The number of carbonyl (C=O) groups excluding carboxylic acids is 1. The molecule has 2 rings (SSSR count). The van der Waals surface area contributed by atoms with Crippen LogP contribution in [0.1, 0.15) is 25.0 Å². The molecule has 1 aliphatic rings. The summed E-state index contributed by atoms with van der Waals surface area (Å²) in [6.45, 7) is 5.36. The minimum Gasteiger partial charge on any atom is -0.484 e. The van der Waals surface area contributed by atoms with Crippen molar-refractivity contribution >= 4 is 5.91 Å². The summed E-state index contributed by atoms with van der Waals surface area (Å²) in [5.41, 5.74) is 0.871. The fourth-order valence-electron chi connectivity index (χ4n) is 2.31. The van der Waals surface area contributed by atoms with Crippen molar-refractivity contribution in [3.05, 3.63) is 29.8 Å². The first-order valence-electron chi connectivity index (χ1n) is 7.47. The first-order chi connectivity index (χ1) is 10.1. The van der Waals surface area contributed by atoms with E-state index in [4.69, 9.17) is 4.74 Å². The number of hydrogen-bond donors (Lipinski definition) is 1. The smallest absolute Gasteiger partial charge is 0.260 e. The van der Waals surface area contributed by atoms with Crippen molar-refractivity contribution in [3.63, 3.8) is 0 Å². The number of aliphatic hydroxyl groups excluding tert-OH is 1. The van der Waals surface area contributed by atoms with Crippen molar-refractivity contribution in [2.75, 3.05) is 39.8 Å². The molecular weight excluding hydrogens is 268 g/mol. The lowest BCUT2D eigenvalue weighted by atomic mass is 10.1. The second-order valence-corrected chi connectivity index (χ2v) is 5.47. The van der Waals surface area contributed by atoms with Gasteiger partial charge in [0, 0.05) is 26.2 Å². The van der Waals surface area contributed by atoms with Crippen LogP contribution < -0.4 is 4.74 Å². The maximum atomic E-state index is 12.0. The van der Waals surface area contributed by atoms with E-state index in [9.17, 15) is 9.90 Å². The van der Waals surface area contributed by atoms with E-state index in [1.807, 2.05) is 24.0 Å². The predicted octanol–water partition coefficient (Wildman–Crippen LogP) is 1.28. The fraction of sp³-hybridized carbons (Fsp3) is 0.562. The van der Waals surface area contributed by atoms with Crippen molar-refractivity contribution in [2.45, 2.75) is 19.4 Å². The molecule has 5 nitrogen and oxygen atoms in total. The molecule has 1 heterocycles. The molecular formula is C16H24N2O3. The molecule has 1 N–H and O–H groups in total. The predicted molar refractivity (Wildman–Crippen MR) is 81.3 cm³/mol. The van der Waals surface area contributed by atoms with Crippen LogP contribution in [0.15, 0.2) is 24.3 Å². The zero-order valence-corrected chi connectivity index (χ0v) is 12.8. The number of likely N-dealkylation sites (N-methyl/N-ethyl adjacent to an activating group) is 1. The van der Waals surface area contributed by atoms with Gasteiger partial charge in [-0.2, -0.15) is 0 Å². The van der Waals surface area contributed by atoms with Gasteiger partial charge in [-0.1, -0.05) is 19.1 Å². The molecule has 0 bridgehead atoms. The van der Waals surface area contributed by atoms with Crippen molar-refractivity contribution in [3.8, 4) is 5.75 Å². The van der Waals surface area contributed by atoms with E-state index in [1.54, 1.807) is 12.1 Å². The van der Waals surface area contributed by atoms with Gasteiger partial charge < -0.3 is 19.6 Å². The minimum absolute atomic E-state index is 0.0285. The molecule has 116 valence electrons. The Morgan fingerprint density at radius 2 is 1.86 bits per heavy atom. The summed E-state index contributed by atoms with van der Waals surface area (Å²) >= 11 is 0. The van der Waals surface area contributed by atoms with Gasteiger partial charge in [0.1, 0.15) is 5.75 Å². The van der Waals surface area contributed by atoms with Crippen molar-refractivity contribution in [1.82, 2.24) is 9.80 Å². The highest BCUT2D eigenvalue weighted by atomic mass is 16.5. The monoisotopic (exact) mass is 292 g/mol. The quantitative estimate of drug-likeness (QED) is 0.888. The van der Waals surface area contributed by atoms with Gasteiger partial charge in [0.25, 0.3) is 5.91 Å². The van der Waals surface area contributed by atoms with Crippen LogP contribution in [0.25, 0.3) is 0 Å². The zero-order valence-electron chi connectivity index (χ0n) is 12.8. The molecule has 5 heteroatoms. The molecule has 0 unspecified atom stereocenters. The maximum Gasteiger partial charge on any atom is 0.260 e. The standard InChI is InChI=1S/C16H24N2O3/c1-3-15(19)13-4-6-14(7-5-13)21-12-16(20)18-10-8-17(2)9-11-18/h4-7,15,19H,3,8-12H2,1-2H3/t15-/m0/s1. The first-order valence-corrected chi connectivity index (χ1v) is 7.47. The molecule has 0 radical (unpaired) electrons. The molecule has 1 atom stereocenters. The largest absolute Gasteiger partial charge is 0.484 e. The number of piperazine rings is 1. The molecule has 0 spiro atoms. The van der Waals surface area contributed by atoms with Gasteiger partial charge in [-0.25, -0.2) is 0 Å². The van der Waals surface area contributed by atoms with E-state index in [0.29, 0.717) is 12.2 Å². The average molecular weight is 292 g/mol. The average Bonchev–Trinajstić information content (AvgIpc) is 2.53. The molecule has 1 aliphatic heterocycles. The first kappa shape index (κ1) is 15.8. The summed E-state index contributed by atoms with van der Waals surface area (Å²) < 4.78 is 5.53. The maximum absolute atomic E-state index is 12.0. The lowest BCUT2D eigenvalue weighted by Gasteiger charge is -2.32. The topological polar surface area (TPSA) is 53.0 Å². The van der Waals surface area contributed by atoms with Crippen LogP contribution in [0.5, 0.6) is 5.75 Å². The third-order valence-electron chi connectivity index (χ3n) is 3.87. The van der Waals surface area contributed by atoms with E-state index < -0.39 is 6.10 Å². The number of amides is 1. The lowest BCUT2D eigenvalue weighted by molar-refractivity contribution is -0.134. The third-order valence-corrected chi connectivity index (χ3v) is 3.87. The van der Waals surface area contributed by atoms with Crippen molar-refractivity contribution in [1.29, 1.82) is 0 Å². The number of nitrogens with zero attached hydrogens (tertiary/aromatic N) is 2. The van der Waals surface area contributed by atoms with Crippen LogP contribution in [-0.4, -0.2) is 60.6 Å². The number of aliphatic hydroxyl groups is 1. The van der Waals surface area contributed by atoms with Gasteiger partial charge in [-0.15, -0.1) is 0 Å². The van der Waals surface area contributed by atoms with Gasteiger partial charge in [0.2, 0.25) is 0 Å². The Kier molecular flexibility index (Phi) is 5.59. The van der Waals surface area contributed by atoms with Gasteiger partial charge in [-0.05, 0) is 31.2 Å². The summed E-state index contributed by atoms with van der Waals surface area (Å²) in [6.07, 6.45) is 0.244. The molecule has 1 aromatic rings. The van der Waals surface area contributed by atoms with Gasteiger partial charge in [0.05, 0.1) is 6.10 Å². The molecule has 21 heavy (non-hydrogen) atoms. The highest BCUT2D eigenvalue weighted by Gasteiger charge is 2.19. The summed E-state index contributed by atoms with van der Waals surface area (Å²) in [5, 5.41) is 9.72. The second-order valence-electron chi connectivity index (χ2n) is 5.47. The van der Waals surface area contributed by atoms with Crippen molar-refractivity contribution < 1.29 is 14.6 Å². The number of benzene rings is 1. The number of ether oxygens (including phenoxy) is 1. The van der Waals surface area contributed by atoms with Crippen LogP contribution in [0.3, 0.4) is 0 Å². The van der Waals surface area contributed by atoms with Gasteiger partial charge in [-0.3, -0.25) is 4.79 Å². The van der Waals surface area contributed by atoms with E-state index in [2.05, 4.69) is 11.9 Å². The Labute approximate surface area is 126 Å². The highest BCUT2D eigenvalue weighted by Crippen LogP contribution is 2.19. The normalized spacial score (nSPS) is 17.6. The van der Waals surface area contributed by atoms with E-state index in [0.717, 1.165) is 31.7 Å². The molecule has 1 fully saturated rings. The molecule has 1 aromatic carbocycles. The molecule has 1 saturated heterocycles.